The van der Waals surface area contributed by atoms with Gasteiger partial charge in [-0.1, -0.05) is 56.5 Å². The summed E-state index contributed by atoms with van der Waals surface area (Å²) in [6.45, 7) is 6.21. The molecule has 35 heavy (non-hydrogen) atoms. The van der Waals surface area contributed by atoms with E-state index in [-0.39, 0.29) is 5.91 Å². The molecule has 0 N–H and O–H groups in total. The van der Waals surface area contributed by atoms with Crippen molar-refractivity contribution in [2.75, 3.05) is 47.5 Å². The van der Waals surface area contributed by atoms with Gasteiger partial charge in [-0.3, -0.25) is 9.69 Å². The van der Waals surface area contributed by atoms with Gasteiger partial charge in [0.25, 0.3) is 5.91 Å². The minimum Gasteiger partial charge on any atom is -0.493 e. The molecule has 3 rings (SSSR count). The van der Waals surface area contributed by atoms with Gasteiger partial charge < -0.3 is 23.8 Å². The number of rotatable bonds is 13. The maximum Gasteiger partial charge on any atom is 0.263 e. The predicted molar refractivity (Wildman–Crippen MR) is 138 cm³/mol. The van der Waals surface area contributed by atoms with Crippen LogP contribution in [0.1, 0.15) is 44.6 Å². The van der Waals surface area contributed by atoms with Gasteiger partial charge in [0.2, 0.25) is 5.75 Å². The Labute approximate surface area is 209 Å². The molecule has 0 bridgehead atoms. The molecule has 1 aliphatic rings. The lowest BCUT2D eigenvalue weighted by Gasteiger charge is -2.36. The van der Waals surface area contributed by atoms with Crippen molar-refractivity contribution in [3.8, 4) is 23.0 Å². The highest BCUT2D eigenvalue weighted by molar-refractivity contribution is 5.81. The average molecular weight is 485 g/mol. The number of carbonyl (C=O) groups is 1. The van der Waals surface area contributed by atoms with Gasteiger partial charge in [0, 0.05) is 44.9 Å². The zero-order valence-electron chi connectivity index (χ0n) is 21.6. The summed E-state index contributed by atoms with van der Waals surface area (Å²) >= 11 is 0. The predicted octanol–water partition coefficient (Wildman–Crippen LogP) is 4.77. The Bertz CT molecular complexity index is 888. The lowest BCUT2D eigenvalue weighted by molar-refractivity contribution is -0.141. The van der Waals surface area contributed by atoms with E-state index in [1.807, 2.05) is 11.0 Å². The second-order valence-electron chi connectivity index (χ2n) is 8.90. The molecule has 2 aromatic rings. The second-order valence-corrected chi connectivity index (χ2v) is 8.90. The second kappa shape index (κ2) is 13.8. The summed E-state index contributed by atoms with van der Waals surface area (Å²) in [5.74, 6) is 2.11. The Morgan fingerprint density at radius 1 is 0.886 bits per heavy atom. The molecule has 1 aliphatic heterocycles. The molecule has 1 atom stereocenters. The lowest BCUT2D eigenvalue weighted by Crippen LogP contribution is -2.52. The van der Waals surface area contributed by atoms with Crippen molar-refractivity contribution in [1.82, 2.24) is 9.80 Å². The van der Waals surface area contributed by atoms with E-state index in [1.165, 1.54) is 5.56 Å². The van der Waals surface area contributed by atoms with Crippen molar-refractivity contribution in [2.24, 2.45) is 0 Å². The minimum absolute atomic E-state index is 0.0506. The number of benzene rings is 2. The van der Waals surface area contributed by atoms with Crippen molar-refractivity contribution in [3.05, 3.63) is 48.0 Å². The fourth-order valence-electron chi connectivity index (χ4n) is 4.45. The van der Waals surface area contributed by atoms with E-state index in [1.54, 1.807) is 33.5 Å². The smallest absolute Gasteiger partial charge is 0.263 e. The topological polar surface area (TPSA) is 60.5 Å². The van der Waals surface area contributed by atoms with Gasteiger partial charge >= 0.3 is 0 Å². The molecule has 0 aromatic heterocycles. The van der Waals surface area contributed by atoms with E-state index in [4.69, 9.17) is 18.9 Å². The van der Waals surface area contributed by atoms with Gasteiger partial charge in [-0.15, -0.1) is 0 Å². The van der Waals surface area contributed by atoms with Crippen molar-refractivity contribution in [1.29, 1.82) is 0 Å². The van der Waals surface area contributed by atoms with Crippen molar-refractivity contribution < 1.29 is 23.7 Å². The SMILES string of the molecule is CCCCCCC(Oc1cc(OC)c(OC)c(OC)c1)C(=O)N1CCN(Cc2ccccc2)CC1. The summed E-state index contributed by atoms with van der Waals surface area (Å²) in [5.41, 5.74) is 1.30. The highest BCUT2D eigenvalue weighted by Gasteiger charge is 2.29. The summed E-state index contributed by atoms with van der Waals surface area (Å²) in [6.07, 6.45) is 4.47. The molecular formula is C28H40N2O5. The van der Waals surface area contributed by atoms with Crippen LogP contribution in [0, 0.1) is 0 Å². The van der Waals surface area contributed by atoms with Crippen molar-refractivity contribution >= 4 is 5.91 Å². The fraction of sp³-hybridized carbons (Fsp3) is 0.536. The first kappa shape index (κ1) is 26.7. The van der Waals surface area contributed by atoms with Crippen LogP contribution in [0.4, 0.5) is 0 Å². The number of piperazine rings is 1. The van der Waals surface area contributed by atoms with E-state index in [2.05, 4.69) is 36.1 Å². The van der Waals surface area contributed by atoms with Crippen LogP contribution in [0.15, 0.2) is 42.5 Å². The van der Waals surface area contributed by atoms with Gasteiger partial charge in [-0.2, -0.15) is 0 Å². The van der Waals surface area contributed by atoms with E-state index in [0.29, 0.717) is 42.5 Å². The minimum atomic E-state index is -0.546. The Kier molecular flexibility index (Phi) is 10.5. The van der Waals surface area contributed by atoms with Crippen LogP contribution in [-0.4, -0.2) is 69.3 Å². The van der Waals surface area contributed by atoms with Gasteiger partial charge in [0.05, 0.1) is 21.3 Å². The average Bonchev–Trinajstić information content (AvgIpc) is 2.90. The maximum absolute atomic E-state index is 13.6. The molecule has 0 radical (unpaired) electrons. The van der Waals surface area contributed by atoms with Gasteiger partial charge in [-0.05, 0) is 18.4 Å². The molecule has 1 unspecified atom stereocenters. The quantitative estimate of drug-likeness (QED) is 0.382. The van der Waals surface area contributed by atoms with Gasteiger partial charge in [-0.25, -0.2) is 0 Å². The summed E-state index contributed by atoms with van der Waals surface area (Å²) in [6, 6.07) is 14.0. The number of nitrogens with zero attached hydrogens (tertiary/aromatic N) is 2. The standard InChI is InChI=1S/C28H40N2O5/c1-5-6-7-11-14-24(35-23-19-25(32-2)27(34-4)26(20-23)33-3)28(31)30-17-15-29(16-18-30)21-22-12-9-8-10-13-22/h8-10,12-13,19-20,24H,5-7,11,14-18,21H2,1-4H3. The number of ether oxygens (including phenoxy) is 4. The number of hydrogen-bond donors (Lipinski definition) is 0. The monoisotopic (exact) mass is 484 g/mol. The van der Waals surface area contributed by atoms with Crippen LogP contribution in [0.3, 0.4) is 0 Å². The van der Waals surface area contributed by atoms with E-state index in [0.717, 1.165) is 45.3 Å². The van der Waals surface area contributed by atoms with Crippen molar-refractivity contribution in [3.63, 3.8) is 0 Å². The molecule has 0 saturated carbocycles. The largest absolute Gasteiger partial charge is 0.493 e. The third-order valence-corrected chi connectivity index (χ3v) is 6.44. The number of methoxy groups -OCH3 is 3. The Morgan fingerprint density at radius 2 is 1.54 bits per heavy atom. The third kappa shape index (κ3) is 7.52. The summed E-state index contributed by atoms with van der Waals surface area (Å²) in [5, 5.41) is 0. The molecular weight excluding hydrogens is 444 g/mol. The maximum atomic E-state index is 13.6. The molecule has 1 heterocycles. The molecule has 7 nitrogen and oxygen atoms in total. The number of carbonyl (C=O) groups excluding carboxylic acids is 1. The normalized spacial score (nSPS) is 14.9. The summed E-state index contributed by atoms with van der Waals surface area (Å²) in [4.78, 5) is 17.9. The molecule has 1 fully saturated rings. The fourth-order valence-corrected chi connectivity index (χ4v) is 4.45. The summed E-state index contributed by atoms with van der Waals surface area (Å²) < 4.78 is 22.6. The van der Waals surface area contributed by atoms with Crippen molar-refractivity contribution in [2.45, 2.75) is 51.7 Å². The lowest BCUT2D eigenvalue weighted by atomic mass is 10.1. The van der Waals surface area contributed by atoms with Crippen LogP contribution in [0.2, 0.25) is 0 Å². The first-order valence-corrected chi connectivity index (χ1v) is 12.6. The van der Waals surface area contributed by atoms with Crippen LogP contribution in [0.25, 0.3) is 0 Å². The molecule has 2 aromatic carbocycles. The first-order chi connectivity index (χ1) is 17.1. The number of hydrogen-bond acceptors (Lipinski definition) is 6. The van der Waals surface area contributed by atoms with Crippen LogP contribution < -0.4 is 18.9 Å². The third-order valence-electron chi connectivity index (χ3n) is 6.44. The Hall–Kier alpha value is -2.93. The van der Waals surface area contributed by atoms with Crippen LogP contribution in [-0.2, 0) is 11.3 Å². The van der Waals surface area contributed by atoms with Crippen LogP contribution >= 0.6 is 0 Å². The zero-order valence-corrected chi connectivity index (χ0v) is 21.6. The van der Waals surface area contributed by atoms with Gasteiger partial charge in [0.1, 0.15) is 5.75 Å². The van der Waals surface area contributed by atoms with Gasteiger partial charge in [0.15, 0.2) is 17.6 Å². The molecule has 0 spiro atoms. The highest BCUT2D eigenvalue weighted by Crippen LogP contribution is 2.41. The van der Waals surface area contributed by atoms with E-state index < -0.39 is 6.10 Å². The molecule has 7 heteroatoms. The Morgan fingerprint density at radius 3 is 2.11 bits per heavy atom. The van der Waals surface area contributed by atoms with Crippen LogP contribution in [0.5, 0.6) is 23.0 Å². The zero-order chi connectivity index (χ0) is 25.0. The van der Waals surface area contributed by atoms with E-state index in [9.17, 15) is 4.79 Å². The summed E-state index contributed by atoms with van der Waals surface area (Å²) in [7, 11) is 4.71. The Balaban J connectivity index is 1.68. The number of amides is 1. The highest BCUT2D eigenvalue weighted by atomic mass is 16.5. The van der Waals surface area contributed by atoms with E-state index >= 15 is 0 Å². The first-order valence-electron chi connectivity index (χ1n) is 12.6. The number of unbranched alkanes of at least 4 members (excludes halogenated alkanes) is 3. The molecule has 0 aliphatic carbocycles. The molecule has 192 valence electrons. The molecule has 1 amide bonds. The molecule has 1 saturated heterocycles.